The van der Waals surface area contributed by atoms with Crippen LogP contribution in [0.1, 0.15) is 40.0 Å². The third-order valence-corrected chi connectivity index (χ3v) is 3.87. The van der Waals surface area contributed by atoms with E-state index in [0.29, 0.717) is 17.6 Å². The van der Waals surface area contributed by atoms with Crippen LogP contribution in [0.3, 0.4) is 0 Å². The molecule has 0 amide bonds. The Morgan fingerprint density at radius 2 is 1.67 bits per heavy atom. The Balaban J connectivity index is 2.16. The fourth-order valence-electron chi connectivity index (χ4n) is 3.06. The minimum absolute atomic E-state index is 0.185. The van der Waals surface area contributed by atoms with Gasteiger partial charge in [-0.05, 0) is 24.7 Å². The second-order valence-electron chi connectivity index (χ2n) is 6.13. The Morgan fingerprint density at radius 1 is 1.13 bits per heavy atom. The van der Waals surface area contributed by atoms with Crippen molar-refractivity contribution in [2.75, 3.05) is 13.2 Å². The van der Waals surface area contributed by atoms with Crippen LogP contribution in [0.2, 0.25) is 0 Å². The van der Waals surface area contributed by atoms with Gasteiger partial charge in [-0.1, -0.05) is 27.2 Å². The van der Waals surface area contributed by atoms with Crippen molar-refractivity contribution in [1.82, 2.24) is 0 Å². The fourth-order valence-corrected chi connectivity index (χ4v) is 3.06. The van der Waals surface area contributed by atoms with Gasteiger partial charge in [0.25, 0.3) is 0 Å². The van der Waals surface area contributed by atoms with Gasteiger partial charge in [-0.15, -0.1) is 0 Å². The average Bonchev–Trinajstić information content (AvgIpc) is 2.14. The zero-order valence-electron chi connectivity index (χ0n) is 10.1. The lowest BCUT2D eigenvalue weighted by Crippen LogP contribution is -2.46. The third-order valence-electron chi connectivity index (χ3n) is 3.87. The van der Waals surface area contributed by atoms with E-state index < -0.39 is 0 Å². The molecule has 0 aromatic rings. The molecule has 1 heterocycles. The third kappa shape index (κ3) is 2.10. The molecule has 0 aromatic carbocycles. The van der Waals surface area contributed by atoms with Gasteiger partial charge in [0.05, 0.1) is 13.2 Å². The van der Waals surface area contributed by atoms with E-state index in [0.717, 1.165) is 13.2 Å². The van der Waals surface area contributed by atoms with E-state index in [9.17, 15) is 4.79 Å². The SMILES string of the molecule is CC(C)(C)C(=O)C1[C@H]2CCC[C@H]1COC2. The molecule has 2 rings (SSSR count). The molecule has 1 saturated heterocycles. The van der Waals surface area contributed by atoms with Gasteiger partial charge in [-0.25, -0.2) is 0 Å². The molecule has 2 atom stereocenters. The molecule has 1 saturated carbocycles. The number of hydrogen-bond donors (Lipinski definition) is 0. The average molecular weight is 210 g/mol. The number of ether oxygens (including phenoxy) is 1. The molecule has 2 aliphatic rings. The monoisotopic (exact) mass is 210 g/mol. The maximum absolute atomic E-state index is 12.4. The lowest BCUT2D eigenvalue weighted by molar-refractivity contribution is -0.144. The van der Waals surface area contributed by atoms with Crippen molar-refractivity contribution in [2.45, 2.75) is 40.0 Å². The van der Waals surface area contributed by atoms with Gasteiger partial charge in [0.2, 0.25) is 0 Å². The zero-order valence-corrected chi connectivity index (χ0v) is 10.1. The van der Waals surface area contributed by atoms with Crippen LogP contribution in [0, 0.1) is 23.2 Å². The molecular formula is C13H22O2. The van der Waals surface area contributed by atoms with Gasteiger partial charge in [0, 0.05) is 11.3 Å². The lowest BCUT2D eigenvalue weighted by Gasteiger charge is -2.43. The molecule has 0 N–H and O–H groups in total. The molecule has 0 unspecified atom stereocenters. The Bertz CT molecular complexity index is 230. The maximum Gasteiger partial charge on any atom is 0.141 e. The van der Waals surface area contributed by atoms with Gasteiger partial charge >= 0.3 is 0 Å². The number of hydrogen-bond acceptors (Lipinski definition) is 2. The van der Waals surface area contributed by atoms with Crippen LogP contribution in [-0.2, 0) is 9.53 Å². The molecule has 0 aromatic heterocycles. The van der Waals surface area contributed by atoms with Crippen LogP contribution in [0.25, 0.3) is 0 Å². The molecule has 0 radical (unpaired) electrons. The number of rotatable bonds is 1. The van der Waals surface area contributed by atoms with Crippen molar-refractivity contribution >= 4 is 5.78 Å². The normalized spacial score (nSPS) is 36.3. The summed E-state index contributed by atoms with van der Waals surface area (Å²) >= 11 is 0. The summed E-state index contributed by atoms with van der Waals surface area (Å²) in [5.74, 6) is 1.75. The van der Waals surface area contributed by atoms with E-state index in [4.69, 9.17) is 4.74 Å². The van der Waals surface area contributed by atoms with Gasteiger partial charge in [-0.2, -0.15) is 0 Å². The first-order valence-corrected chi connectivity index (χ1v) is 6.12. The van der Waals surface area contributed by atoms with Crippen LogP contribution in [0.5, 0.6) is 0 Å². The van der Waals surface area contributed by atoms with Gasteiger partial charge in [0.15, 0.2) is 0 Å². The topological polar surface area (TPSA) is 26.3 Å². The van der Waals surface area contributed by atoms with E-state index >= 15 is 0 Å². The summed E-state index contributed by atoms with van der Waals surface area (Å²) in [5, 5.41) is 0. The van der Waals surface area contributed by atoms with E-state index in [1.807, 2.05) is 20.8 Å². The number of ketones is 1. The van der Waals surface area contributed by atoms with Crippen molar-refractivity contribution in [2.24, 2.45) is 23.2 Å². The summed E-state index contributed by atoms with van der Waals surface area (Å²) < 4.78 is 5.58. The van der Waals surface area contributed by atoms with Crippen LogP contribution >= 0.6 is 0 Å². The molecule has 2 bridgehead atoms. The summed E-state index contributed by atoms with van der Waals surface area (Å²) in [4.78, 5) is 12.4. The van der Waals surface area contributed by atoms with Crippen molar-refractivity contribution < 1.29 is 9.53 Å². The molecule has 2 fully saturated rings. The van der Waals surface area contributed by atoms with Crippen molar-refractivity contribution in [3.63, 3.8) is 0 Å². The Labute approximate surface area is 92.4 Å². The largest absolute Gasteiger partial charge is 0.381 e. The quantitative estimate of drug-likeness (QED) is 0.665. The highest BCUT2D eigenvalue weighted by Gasteiger charge is 2.44. The predicted molar refractivity (Wildman–Crippen MR) is 59.6 cm³/mol. The minimum atomic E-state index is -0.185. The second-order valence-corrected chi connectivity index (χ2v) is 6.13. The summed E-state index contributed by atoms with van der Waals surface area (Å²) in [6.45, 7) is 7.74. The highest BCUT2D eigenvalue weighted by atomic mass is 16.5. The van der Waals surface area contributed by atoms with E-state index in [1.54, 1.807) is 0 Å². The van der Waals surface area contributed by atoms with E-state index in [1.165, 1.54) is 19.3 Å². The maximum atomic E-state index is 12.4. The molecule has 0 spiro atoms. The van der Waals surface area contributed by atoms with Gasteiger partial charge in [-0.3, -0.25) is 4.79 Å². The molecule has 15 heavy (non-hydrogen) atoms. The summed E-state index contributed by atoms with van der Waals surface area (Å²) in [6.07, 6.45) is 3.65. The number of Topliss-reactive ketones (excluding diaryl/α,β-unsaturated/α-hetero) is 1. The second kappa shape index (κ2) is 3.89. The first-order chi connectivity index (χ1) is 7.00. The molecule has 1 aliphatic carbocycles. The van der Waals surface area contributed by atoms with Crippen LogP contribution in [0.4, 0.5) is 0 Å². The van der Waals surface area contributed by atoms with Crippen LogP contribution < -0.4 is 0 Å². The smallest absolute Gasteiger partial charge is 0.141 e. The predicted octanol–water partition coefficient (Wildman–Crippen LogP) is 2.66. The Morgan fingerprint density at radius 3 is 2.13 bits per heavy atom. The van der Waals surface area contributed by atoms with E-state index in [-0.39, 0.29) is 11.3 Å². The first kappa shape index (κ1) is 11.1. The summed E-state index contributed by atoms with van der Waals surface area (Å²) in [6, 6.07) is 0. The number of carbonyl (C=O) groups is 1. The zero-order chi connectivity index (χ0) is 11.1. The standard InChI is InChI=1S/C13H22O2/c1-13(2,3)12(14)11-9-5-4-6-10(11)8-15-7-9/h9-11H,4-8H2,1-3H3/t9-,10-/m0/s1. The molecule has 2 heteroatoms. The Kier molecular flexibility index (Phi) is 2.89. The van der Waals surface area contributed by atoms with Crippen LogP contribution in [-0.4, -0.2) is 19.0 Å². The van der Waals surface area contributed by atoms with Gasteiger partial charge < -0.3 is 4.74 Å². The molecule has 2 nitrogen and oxygen atoms in total. The fraction of sp³-hybridized carbons (Fsp3) is 0.923. The van der Waals surface area contributed by atoms with Crippen LogP contribution in [0.15, 0.2) is 0 Å². The van der Waals surface area contributed by atoms with Crippen molar-refractivity contribution in [3.05, 3.63) is 0 Å². The lowest BCUT2D eigenvalue weighted by atomic mass is 9.65. The van der Waals surface area contributed by atoms with E-state index in [2.05, 4.69) is 0 Å². The molecular weight excluding hydrogens is 188 g/mol. The molecule has 86 valence electrons. The number of carbonyl (C=O) groups excluding carboxylic acids is 1. The Hall–Kier alpha value is -0.370. The number of fused-ring (bicyclic) bond motifs is 2. The summed E-state index contributed by atoms with van der Waals surface area (Å²) in [7, 11) is 0. The minimum Gasteiger partial charge on any atom is -0.381 e. The summed E-state index contributed by atoms with van der Waals surface area (Å²) in [5.41, 5.74) is -0.185. The first-order valence-electron chi connectivity index (χ1n) is 6.12. The highest BCUT2D eigenvalue weighted by Crippen LogP contribution is 2.42. The van der Waals surface area contributed by atoms with Crippen molar-refractivity contribution in [1.29, 1.82) is 0 Å². The molecule has 1 aliphatic heterocycles. The highest BCUT2D eigenvalue weighted by molar-refractivity contribution is 5.86. The van der Waals surface area contributed by atoms with Gasteiger partial charge in [0.1, 0.15) is 5.78 Å². The van der Waals surface area contributed by atoms with Crippen molar-refractivity contribution in [3.8, 4) is 0 Å².